The number of esters is 2. The molecule has 0 aromatic rings. The van der Waals surface area contributed by atoms with Crippen LogP contribution in [0.5, 0.6) is 0 Å². The number of aliphatic hydroxyl groups excluding tert-OH is 1. The molecule has 0 amide bonds. The average Bonchev–Trinajstić information content (AvgIpc) is 3.29. The third-order valence-corrected chi connectivity index (χ3v) is 7.07. The molecule has 6 heteroatoms. The van der Waals surface area contributed by atoms with E-state index in [9.17, 15) is 14.7 Å². The summed E-state index contributed by atoms with van der Waals surface area (Å²) in [6, 6.07) is 0. The van der Waals surface area contributed by atoms with Gasteiger partial charge in [0.25, 0.3) is 0 Å². The Kier molecular flexibility index (Phi) is 2.51. The molecule has 1 saturated carbocycles. The van der Waals surface area contributed by atoms with Crippen molar-refractivity contribution >= 4 is 11.9 Å². The van der Waals surface area contributed by atoms with Crippen LogP contribution < -0.4 is 0 Å². The van der Waals surface area contributed by atoms with Crippen LogP contribution >= 0.6 is 0 Å². The van der Waals surface area contributed by atoms with Crippen LogP contribution in [-0.2, 0) is 23.8 Å². The monoisotopic (exact) mass is 332 g/mol. The number of epoxide rings is 1. The van der Waals surface area contributed by atoms with E-state index in [1.807, 2.05) is 6.08 Å². The highest BCUT2D eigenvalue weighted by Crippen LogP contribution is 2.69. The Morgan fingerprint density at radius 3 is 2.79 bits per heavy atom. The third-order valence-electron chi connectivity index (χ3n) is 7.07. The minimum Gasteiger partial charge on any atom is -0.457 e. The molecule has 1 N–H and O–H groups in total. The van der Waals surface area contributed by atoms with Crippen LogP contribution in [0, 0.1) is 22.7 Å². The highest BCUT2D eigenvalue weighted by atomic mass is 16.6. The van der Waals surface area contributed by atoms with E-state index in [-0.39, 0.29) is 42.4 Å². The first-order valence-electron chi connectivity index (χ1n) is 8.41. The largest absolute Gasteiger partial charge is 0.457 e. The van der Waals surface area contributed by atoms with Gasteiger partial charge in [-0.3, -0.25) is 9.59 Å². The number of carbonyl (C=O) groups excluding carboxylic acids is 2. The van der Waals surface area contributed by atoms with Crippen LogP contribution in [0.3, 0.4) is 0 Å². The van der Waals surface area contributed by atoms with Gasteiger partial charge < -0.3 is 19.3 Å². The summed E-state index contributed by atoms with van der Waals surface area (Å²) in [5.74, 6) is -0.972. The van der Waals surface area contributed by atoms with Crippen LogP contribution in [-0.4, -0.2) is 47.6 Å². The highest BCUT2D eigenvalue weighted by molar-refractivity contribution is 5.82. The second-order valence-electron chi connectivity index (χ2n) is 8.03. The molecule has 3 saturated heterocycles. The van der Waals surface area contributed by atoms with Gasteiger partial charge in [-0.2, -0.15) is 0 Å². The predicted molar refractivity (Wildman–Crippen MR) is 80.5 cm³/mol. The minimum absolute atomic E-state index is 0.0978. The fourth-order valence-corrected chi connectivity index (χ4v) is 5.92. The number of aliphatic hydroxyl groups is 1. The molecule has 3 heterocycles. The molecule has 1 unspecified atom stereocenters. The van der Waals surface area contributed by atoms with Gasteiger partial charge in [0.1, 0.15) is 23.7 Å². The molecule has 0 radical (unpaired) electrons. The molecule has 0 aromatic heterocycles. The van der Waals surface area contributed by atoms with Crippen molar-refractivity contribution in [2.24, 2.45) is 22.7 Å². The van der Waals surface area contributed by atoms with Gasteiger partial charge in [0.2, 0.25) is 0 Å². The molecule has 2 aliphatic carbocycles. The summed E-state index contributed by atoms with van der Waals surface area (Å²) in [6.45, 7) is 7.61. The molecule has 0 aromatic carbocycles. The maximum Gasteiger partial charge on any atom is 0.315 e. The number of ether oxygens (including phenoxy) is 3. The first-order chi connectivity index (χ1) is 11.3. The van der Waals surface area contributed by atoms with Crippen LogP contribution in [0.4, 0.5) is 0 Å². The van der Waals surface area contributed by atoms with Crippen LogP contribution in [0.2, 0.25) is 0 Å². The lowest BCUT2D eigenvalue weighted by Crippen LogP contribution is -2.63. The number of fused-ring (bicyclic) bond motifs is 4. The van der Waals surface area contributed by atoms with Gasteiger partial charge in [0, 0.05) is 17.3 Å². The van der Waals surface area contributed by atoms with Crippen molar-refractivity contribution in [1.82, 2.24) is 0 Å². The van der Waals surface area contributed by atoms with Gasteiger partial charge in [0.15, 0.2) is 0 Å². The summed E-state index contributed by atoms with van der Waals surface area (Å²) in [5.41, 5.74) is -0.527. The zero-order valence-corrected chi connectivity index (χ0v) is 13.6. The summed E-state index contributed by atoms with van der Waals surface area (Å²) < 4.78 is 16.9. The van der Waals surface area contributed by atoms with Crippen molar-refractivity contribution < 1.29 is 28.9 Å². The Balaban J connectivity index is 1.72. The average molecular weight is 332 g/mol. The van der Waals surface area contributed by atoms with Crippen molar-refractivity contribution in [2.45, 2.75) is 50.8 Å². The molecule has 0 bridgehead atoms. The number of cyclic esters (lactones) is 1. The van der Waals surface area contributed by atoms with E-state index in [0.29, 0.717) is 0 Å². The van der Waals surface area contributed by atoms with Gasteiger partial charge in [0.05, 0.1) is 18.6 Å². The lowest BCUT2D eigenvalue weighted by Gasteiger charge is -2.55. The van der Waals surface area contributed by atoms with E-state index in [1.165, 1.54) is 0 Å². The molecule has 3 aliphatic heterocycles. The summed E-state index contributed by atoms with van der Waals surface area (Å²) in [6.07, 6.45) is 1.42. The van der Waals surface area contributed by atoms with Crippen molar-refractivity contribution in [3.8, 4) is 0 Å². The Labute approximate surface area is 139 Å². The first-order valence-corrected chi connectivity index (χ1v) is 8.41. The van der Waals surface area contributed by atoms with Gasteiger partial charge in [-0.25, -0.2) is 0 Å². The Morgan fingerprint density at radius 1 is 1.33 bits per heavy atom. The third kappa shape index (κ3) is 1.38. The number of carbonyl (C=O) groups is 2. The Morgan fingerprint density at radius 2 is 2.08 bits per heavy atom. The summed E-state index contributed by atoms with van der Waals surface area (Å²) in [5, 5.41) is 10.7. The smallest absolute Gasteiger partial charge is 0.315 e. The van der Waals surface area contributed by atoms with Crippen molar-refractivity contribution in [2.75, 3.05) is 0 Å². The lowest BCUT2D eigenvalue weighted by molar-refractivity contribution is -0.159. The Bertz CT molecular complexity index is 712. The zero-order valence-electron chi connectivity index (χ0n) is 13.6. The molecule has 0 spiro atoms. The second-order valence-corrected chi connectivity index (χ2v) is 8.03. The summed E-state index contributed by atoms with van der Waals surface area (Å²) in [4.78, 5) is 24.8. The fraction of sp³-hybridized carbons (Fsp3) is 0.667. The maximum atomic E-state index is 12.6. The van der Waals surface area contributed by atoms with Gasteiger partial charge in [-0.1, -0.05) is 13.5 Å². The Hall–Kier alpha value is -1.66. The topological polar surface area (TPSA) is 85.4 Å². The van der Waals surface area contributed by atoms with Crippen molar-refractivity contribution in [3.05, 3.63) is 24.3 Å². The standard InChI is InChI=1S/C18H20O6/c1-4-9-7-5-10-13-17(2,8(7)6-11(19)22-9)15-12(24-15)14(20)18(13,3)16(21)23-10/h4-5,8-10,12-15,20H,1,6H2,2-3H3/t8?,9-,10-,12+,13-,14+,15+,17-,18-/m1/s1. The lowest BCUT2D eigenvalue weighted by atomic mass is 9.46. The number of hydrogen-bond acceptors (Lipinski definition) is 6. The molecule has 24 heavy (non-hydrogen) atoms. The van der Waals surface area contributed by atoms with Gasteiger partial charge in [-0.05, 0) is 24.6 Å². The maximum absolute atomic E-state index is 12.6. The predicted octanol–water partition coefficient (Wildman–Crippen LogP) is 0.740. The van der Waals surface area contributed by atoms with E-state index in [1.54, 1.807) is 13.0 Å². The molecule has 5 aliphatic rings. The second kappa shape index (κ2) is 4.11. The molecular formula is C18H20O6. The van der Waals surface area contributed by atoms with E-state index < -0.39 is 29.1 Å². The van der Waals surface area contributed by atoms with E-state index >= 15 is 0 Å². The highest BCUT2D eigenvalue weighted by Gasteiger charge is 2.79. The van der Waals surface area contributed by atoms with E-state index in [4.69, 9.17) is 14.2 Å². The first kappa shape index (κ1) is 14.7. The normalized spacial score (nSPS) is 57.0. The summed E-state index contributed by atoms with van der Waals surface area (Å²) in [7, 11) is 0. The molecule has 4 fully saturated rings. The number of rotatable bonds is 1. The van der Waals surface area contributed by atoms with Gasteiger partial charge in [-0.15, -0.1) is 0 Å². The molecule has 128 valence electrons. The van der Waals surface area contributed by atoms with Crippen LogP contribution in [0.15, 0.2) is 24.3 Å². The molecular weight excluding hydrogens is 312 g/mol. The molecule has 9 atom stereocenters. The van der Waals surface area contributed by atoms with E-state index in [2.05, 4.69) is 13.5 Å². The van der Waals surface area contributed by atoms with Crippen LogP contribution in [0.1, 0.15) is 20.3 Å². The SMILES string of the molecule is C=C[C@H]1OC(=O)CC2C1=C[C@H]1OC(=O)[C@@]3(C)[C@@H](O)[C@@H]4O[C@@H]4[C@@]2(C)[C@@H]13. The zero-order chi connectivity index (χ0) is 17.0. The van der Waals surface area contributed by atoms with E-state index in [0.717, 1.165) is 5.57 Å². The minimum atomic E-state index is -1.01. The van der Waals surface area contributed by atoms with Crippen LogP contribution in [0.25, 0.3) is 0 Å². The fourth-order valence-electron chi connectivity index (χ4n) is 5.92. The molecule has 5 rings (SSSR count). The quantitative estimate of drug-likeness (QED) is 0.433. The van der Waals surface area contributed by atoms with Crippen molar-refractivity contribution in [1.29, 1.82) is 0 Å². The summed E-state index contributed by atoms with van der Waals surface area (Å²) >= 11 is 0. The number of hydrogen-bond donors (Lipinski definition) is 1. The van der Waals surface area contributed by atoms with Crippen molar-refractivity contribution in [3.63, 3.8) is 0 Å². The van der Waals surface area contributed by atoms with Gasteiger partial charge >= 0.3 is 11.9 Å². The molecule has 6 nitrogen and oxygen atoms in total.